The Morgan fingerprint density at radius 2 is 2.12 bits per heavy atom. The fourth-order valence-electron chi connectivity index (χ4n) is 1.92. The quantitative estimate of drug-likeness (QED) is 0.627. The van der Waals surface area contributed by atoms with Crippen molar-refractivity contribution in [3.8, 4) is 0 Å². The molecule has 2 nitrogen and oxygen atoms in total. The molecule has 0 aliphatic heterocycles. The van der Waals surface area contributed by atoms with E-state index in [1.807, 2.05) is 11.8 Å². The minimum Gasteiger partial charge on any atom is -0.337 e. The first-order chi connectivity index (χ1) is 7.88. The third-order valence-corrected chi connectivity index (χ3v) is 4.15. The molecule has 1 rings (SSSR count). The molecule has 0 saturated carbocycles. The summed E-state index contributed by atoms with van der Waals surface area (Å²) in [5, 5.41) is 0. The normalized spacial score (nSPS) is 13.9. The molecular formula is C13H24N2S2. The Hall–Kier alpha value is -0.220. The highest BCUT2D eigenvalue weighted by atomic mass is 32.2. The highest BCUT2D eigenvalue weighted by Crippen LogP contribution is 2.27. The maximum atomic E-state index is 5.40. The molecule has 1 N–H and O–H groups in total. The number of nitrogens with zero attached hydrogens (tertiary/aromatic N) is 1. The van der Waals surface area contributed by atoms with Gasteiger partial charge in [0.1, 0.15) is 0 Å². The van der Waals surface area contributed by atoms with E-state index in [4.69, 9.17) is 12.2 Å². The van der Waals surface area contributed by atoms with E-state index in [0.29, 0.717) is 6.04 Å². The number of rotatable bonds is 5. The lowest BCUT2D eigenvalue weighted by atomic mass is 9.92. The lowest BCUT2D eigenvalue weighted by molar-refractivity contribution is 0.453. The monoisotopic (exact) mass is 272 g/mol. The average Bonchev–Trinajstić information content (AvgIpc) is 2.60. The molecule has 0 aliphatic carbocycles. The van der Waals surface area contributed by atoms with E-state index in [9.17, 15) is 0 Å². The first-order valence-electron chi connectivity index (χ1n) is 6.26. The maximum Gasteiger partial charge on any atom is 0.177 e. The van der Waals surface area contributed by atoms with Crippen molar-refractivity contribution in [3.63, 3.8) is 0 Å². The Kier molecular flexibility index (Phi) is 5.32. The Morgan fingerprint density at radius 3 is 2.65 bits per heavy atom. The molecule has 1 aromatic heterocycles. The van der Waals surface area contributed by atoms with E-state index in [1.54, 1.807) is 0 Å². The van der Waals surface area contributed by atoms with Crippen LogP contribution in [0, 0.1) is 4.77 Å². The van der Waals surface area contributed by atoms with E-state index in [0.717, 1.165) is 4.77 Å². The molecule has 0 aliphatic rings. The number of H-pyrrole nitrogens is 1. The minimum atomic E-state index is 0.139. The van der Waals surface area contributed by atoms with Gasteiger partial charge >= 0.3 is 0 Å². The van der Waals surface area contributed by atoms with Gasteiger partial charge in [0.05, 0.1) is 0 Å². The summed E-state index contributed by atoms with van der Waals surface area (Å²) in [7, 11) is 0. The van der Waals surface area contributed by atoms with Gasteiger partial charge in [-0.2, -0.15) is 11.8 Å². The number of thioether (sulfide) groups is 1. The molecule has 0 bridgehead atoms. The first-order valence-corrected chi connectivity index (χ1v) is 7.82. The van der Waals surface area contributed by atoms with Crippen molar-refractivity contribution >= 4 is 24.0 Å². The van der Waals surface area contributed by atoms with Crippen molar-refractivity contribution in [1.82, 2.24) is 9.55 Å². The average molecular weight is 272 g/mol. The number of aromatic amines is 1. The number of hydrogen-bond acceptors (Lipinski definition) is 2. The molecule has 0 spiro atoms. The lowest BCUT2D eigenvalue weighted by Gasteiger charge is -2.24. The zero-order valence-electron chi connectivity index (χ0n) is 11.5. The molecule has 0 aromatic carbocycles. The van der Waals surface area contributed by atoms with Crippen molar-refractivity contribution in [1.29, 1.82) is 0 Å². The molecule has 0 radical (unpaired) electrons. The largest absolute Gasteiger partial charge is 0.337 e. The third-order valence-electron chi connectivity index (χ3n) is 2.90. The number of imidazole rings is 1. The molecule has 4 heteroatoms. The highest BCUT2D eigenvalue weighted by molar-refractivity contribution is 7.99. The van der Waals surface area contributed by atoms with Crippen LogP contribution in [0.1, 0.15) is 52.8 Å². The molecule has 1 unspecified atom stereocenters. The van der Waals surface area contributed by atoms with Crippen LogP contribution in [0.2, 0.25) is 0 Å². The summed E-state index contributed by atoms with van der Waals surface area (Å²) in [6.07, 6.45) is 3.24. The third kappa shape index (κ3) is 3.88. The smallest absolute Gasteiger partial charge is 0.177 e. The van der Waals surface area contributed by atoms with Crippen LogP contribution in [0.15, 0.2) is 6.20 Å². The zero-order chi connectivity index (χ0) is 13.1. The summed E-state index contributed by atoms with van der Waals surface area (Å²) in [6.45, 7) is 11.2. The molecule has 98 valence electrons. The fourth-order valence-corrected chi connectivity index (χ4v) is 3.06. The van der Waals surface area contributed by atoms with Crippen molar-refractivity contribution in [2.75, 3.05) is 11.5 Å². The van der Waals surface area contributed by atoms with Crippen LogP contribution in [-0.2, 0) is 5.41 Å². The predicted octanol–water partition coefficient (Wildman–Crippen LogP) is 4.55. The summed E-state index contributed by atoms with van der Waals surface area (Å²) >= 11 is 7.39. The Morgan fingerprint density at radius 1 is 1.47 bits per heavy atom. The van der Waals surface area contributed by atoms with Crippen LogP contribution >= 0.6 is 24.0 Å². The maximum absolute atomic E-state index is 5.40. The van der Waals surface area contributed by atoms with Crippen LogP contribution in [0.5, 0.6) is 0 Å². The first kappa shape index (κ1) is 14.8. The van der Waals surface area contributed by atoms with Gasteiger partial charge in [0.15, 0.2) is 4.77 Å². The number of hydrogen-bond donors (Lipinski definition) is 1. The molecule has 1 aromatic rings. The Bertz CT molecular complexity index is 398. The molecule has 0 fully saturated rings. The summed E-state index contributed by atoms with van der Waals surface area (Å²) < 4.78 is 3.13. The van der Waals surface area contributed by atoms with E-state index in [1.165, 1.54) is 23.6 Å². The van der Waals surface area contributed by atoms with Crippen molar-refractivity contribution in [2.24, 2.45) is 0 Å². The van der Waals surface area contributed by atoms with Gasteiger partial charge in [-0.15, -0.1) is 0 Å². The summed E-state index contributed by atoms with van der Waals surface area (Å²) in [5.74, 6) is 2.39. The highest BCUT2D eigenvalue weighted by Gasteiger charge is 2.21. The van der Waals surface area contributed by atoms with Crippen molar-refractivity contribution in [2.45, 2.75) is 52.5 Å². The SMILES string of the molecule is CCSCCC(C)n1c(C(C)(C)C)c[nH]c1=S. The number of aromatic nitrogens is 2. The molecule has 0 saturated heterocycles. The second kappa shape index (κ2) is 6.10. The summed E-state index contributed by atoms with van der Waals surface area (Å²) in [5.41, 5.74) is 1.44. The second-order valence-corrected chi connectivity index (χ2v) is 7.21. The van der Waals surface area contributed by atoms with Gasteiger partial charge < -0.3 is 9.55 Å². The predicted molar refractivity (Wildman–Crippen MR) is 80.6 cm³/mol. The van der Waals surface area contributed by atoms with Gasteiger partial charge in [0.25, 0.3) is 0 Å². The minimum absolute atomic E-state index is 0.139. The van der Waals surface area contributed by atoms with Crippen LogP contribution < -0.4 is 0 Å². The molecule has 1 heterocycles. The van der Waals surface area contributed by atoms with Gasteiger partial charge in [-0.3, -0.25) is 0 Å². The summed E-state index contributed by atoms with van der Waals surface area (Å²) in [4.78, 5) is 3.19. The van der Waals surface area contributed by atoms with Crippen LogP contribution in [0.4, 0.5) is 0 Å². The van der Waals surface area contributed by atoms with Gasteiger partial charge in [-0.1, -0.05) is 27.7 Å². The Labute approximate surface area is 114 Å². The summed E-state index contributed by atoms with van der Waals surface area (Å²) in [6, 6.07) is 0.474. The molecule has 0 amide bonds. The van der Waals surface area contributed by atoms with Gasteiger partial charge in [0.2, 0.25) is 0 Å². The van der Waals surface area contributed by atoms with Gasteiger partial charge in [-0.25, -0.2) is 0 Å². The van der Waals surface area contributed by atoms with Crippen LogP contribution in [0.25, 0.3) is 0 Å². The van der Waals surface area contributed by atoms with E-state index in [2.05, 4.69) is 50.4 Å². The van der Waals surface area contributed by atoms with Gasteiger partial charge in [0, 0.05) is 23.3 Å². The topological polar surface area (TPSA) is 20.7 Å². The van der Waals surface area contributed by atoms with E-state index >= 15 is 0 Å². The standard InChI is InChI=1S/C13H24N2S2/c1-6-17-8-7-10(2)15-11(13(3,4)5)9-14-12(15)16/h9-10H,6-8H2,1-5H3,(H,14,16). The molecular weight excluding hydrogens is 248 g/mol. The van der Waals surface area contributed by atoms with Crippen LogP contribution in [0.3, 0.4) is 0 Å². The number of nitrogens with one attached hydrogen (secondary N) is 1. The fraction of sp³-hybridized carbons (Fsp3) is 0.769. The second-order valence-electron chi connectivity index (χ2n) is 5.43. The van der Waals surface area contributed by atoms with E-state index < -0.39 is 0 Å². The Balaban J connectivity index is 2.89. The van der Waals surface area contributed by atoms with Crippen molar-refractivity contribution in [3.05, 3.63) is 16.7 Å². The molecule has 1 atom stereocenters. The zero-order valence-corrected chi connectivity index (χ0v) is 13.2. The lowest BCUT2D eigenvalue weighted by Crippen LogP contribution is -2.20. The van der Waals surface area contributed by atoms with E-state index in [-0.39, 0.29) is 5.41 Å². The van der Waals surface area contributed by atoms with Crippen LogP contribution in [-0.4, -0.2) is 21.1 Å². The van der Waals surface area contributed by atoms with Crippen molar-refractivity contribution < 1.29 is 0 Å². The van der Waals surface area contributed by atoms with Gasteiger partial charge in [-0.05, 0) is 37.1 Å². The molecule has 17 heavy (non-hydrogen) atoms.